The number of rotatable bonds is 9. The second-order valence-electron chi connectivity index (χ2n) is 5.13. The Balaban J connectivity index is 2.38. The lowest BCUT2D eigenvalue weighted by Crippen LogP contribution is -2.05. The Morgan fingerprint density at radius 1 is 1.23 bits per heavy atom. The molecule has 0 bridgehead atoms. The molecular weight excluding hydrogens is 284 g/mol. The highest BCUT2D eigenvalue weighted by atomic mass is 16.5. The van der Waals surface area contributed by atoms with Gasteiger partial charge in [-0.2, -0.15) is 5.10 Å². The summed E-state index contributed by atoms with van der Waals surface area (Å²) in [5.74, 6) is -0.991. The summed E-state index contributed by atoms with van der Waals surface area (Å²) in [7, 11) is 3.31. The Bertz CT molecular complexity index is 636. The summed E-state index contributed by atoms with van der Waals surface area (Å²) >= 11 is 0. The maximum Gasteiger partial charge on any atom is 0.357 e. The number of fused-ring (bicyclic) bond motifs is 1. The van der Waals surface area contributed by atoms with Gasteiger partial charge in [-0.1, -0.05) is 12.1 Å². The molecule has 22 heavy (non-hydrogen) atoms. The van der Waals surface area contributed by atoms with Crippen molar-refractivity contribution in [3.05, 3.63) is 29.5 Å². The fourth-order valence-electron chi connectivity index (χ4n) is 2.59. The number of hydrogen-bond acceptors (Lipinski definition) is 4. The van der Waals surface area contributed by atoms with E-state index in [1.807, 2.05) is 18.2 Å². The van der Waals surface area contributed by atoms with Crippen LogP contribution in [0.3, 0.4) is 0 Å². The van der Waals surface area contributed by atoms with Gasteiger partial charge in [-0.05, 0) is 30.9 Å². The lowest BCUT2D eigenvalue weighted by atomic mass is 10.0. The Labute approximate surface area is 129 Å². The molecule has 6 nitrogen and oxygen atoms in total. The molecule has 0 atom stereocenters. The van der Waals surface area contributed by atoms with Crippen molar-refractivity contribution in [3.8, 4) is 0 Å². The Hall–Kier alpha value is -1.92. The zero-order chi connectivity index (χ0) is 15.9. The molecule has 0 amide bonds. The minimum absolute atomic E-state index is 0.125. The van der Waals surface area contributed by atoms with Crippen LogP contribution in [0.4, 0.5) is 0 Å². The normalized spacial score (nSPS) is 11.2. The number of aromatic carboxylic acids is 1. The standard InChI is InChI=1S/C16H22N2O4/c1-21-10-4-7-12-6-3-8-13-14(12)15(16(19)20)17-18(13)9-5-11-22-2/h3,6,8H,4-5,7,9-11H2,1-2H3,(H,19,20). The number of benzene rings is 1. The molecule has 6 heteroatoms. The lowest BCUT2D eigenvalue weighted by molar-refractivity contribution is 0.0691. The maximum absolute atomic E-state index is 11.5. The topological polar surface area (TPSA) is 73.6 Å². The summed E-state index contributed by atoms with van der Waals surface area (Å²) in [4.78, 5) is 11.5. The molecule has 0 radical (unpaired) electrons. The van der Waals surface area contributed by atoms with Gasteiger partial charge in [0.2, 0.25) is 0 Å². The third-order valence-electron chi connectivity index (χ3n) is 3.58. The fraction of sp³-hybridized carbons (Fsp3) is 0.500. The number of carbonyl (C=O) groups is 1. The van der Waals surface area contributed by atoms with Gasteiger partial charge in [0, 0.05) is 39.4 Å². The zero-order valence-electron chi connectivity index (χ0n) is 13.0. The maximum atomic E-state index is 11.5. The first-order chi connectivity index (χ1) is 10.7. The quantitative estimate of drug-likeness (QED) is 0.720. The number of ether oxygens (including phenoxy) is 2. The second kappa shape index (κ2) is 7.91. The highest BCUT2D eigenvalue weighted by Gasteiger charge is 2.18. The number of aryl methyl sites for hydroxylation is 2. The van der Waals surface area contributed by atoms with Crippen LogP contribution in [0.2, 0.25) is 0 Å². The molecule has 2 aromatic rings. The first kappa shape index (κ1) is 16.5. The number of hydrogen-bond donors (Lipinski definition) is 1. The second-order valence-corrected chi connectivity index (χ2v) is 5.13. The third kappa shape index (κ3) is 3.64. The number of carboxylic acids is 1. The Kier molecular flexibility index (Phi) is 5.91. The Morgan fingerprint density at radius 3 is 2.64 bits per heavy atom. The lowest BCUT2D eigenvalue weighted by Gasteiger charge is -2.05. The third-order valence-corrected chi connectivity index (χ3v) is 3.58. The van der Waals surface area contributed by atoms with Gasteiger partial charge in [0.25, 0.3) is 0 Å². The first-order valence-corrected chi connectivity index (χ1v) is 7.38. The van der Waals surface area contributed by atoms with Crippen molar-refractivity contribution in [2.24, 2.45) is 0 Å². The summed E-state index contributed by atoms with van der Waals surface area (Å²) in [6.07, 6.45) is 2.42. The molecule has 0 fully saturated rings. The highest BCUT2D eigenvalue weighted by Crippen LogP contribution is 2.24. The highest BCUT2D eigenvalue weighted by molar-refractivity contribution is 6.02. The summed E-state index contributed by atoms with van der Waals surface area (Å²) in [5, 5.41) is 14.5. The van der Waals surface area contributed by atoms with Gasteiger partial charge in [-0.25, -0.2) is 4.79 Å². The van der Waals surface area contributed by atoms with E-state index in [1.165, 1.54) is 0 Å². The van der Waals surface area contributed by atoms with Gasteiger partial charge in [-0.15, -0.1) is 0 Å². The largest absolute Gasteiger partial charge is 0.476 e. The van der Waals surface area contributed by atoms with Gasteiger partial charge < -0.3 is 14.6 Å². The van der Waals surface area contributed by atoms with E-state index in [0.29, 0.717) is 19.8 Å². The summed E-state index contributed by atoms with van der Waals surface area (Å²) in [6.45, 7) is 1.91. The van der Waals surface area contributed by atoms with Crippen molar-refractivity contribution in [2.75, 3.05) is 27.4 Å². The van der Waals surface area contributed by atoms with Crippen LogP contribution in [0, 0.1) is 0 Å². The molecule has 2 rings (SSSR count). The molecule has 0 spiro atoms. The van der Waals surface area contributed by atoms with Crippen LogP contribution < -0.4 is 0 Å². The van der Waals surface area contributed by atoms with E-state index >= 15 is 0 Å². The van der Waals surface area contributed by atoms with Crippen LogP contribution in [0.15, 0.2) is 18.2 Å². The van der Waals surface area contributed by atoms with Crippen molar-refractivity contribution in [1.29, 1.82) is 0 Å². The molecule has 1 aromatic carbocycles. The number of methoxy groups -OCH3 is 2. The van der Waals surface area contributed by atoms with Crippen molar-refractivity contribution >= 4 is 16.9 Å². The van der Waals surface area contributed by atoms with E-state index < -0.39 is 5.97 Å². The van der Waals surface area contributed by atoms with Crippen LogP contribution in [-0.4, -0.2) is 48.3 Å². The number of nitrogens with zero attached hydrogens (tertiary/aromatic N) is 2. The smallest absolute Gasteiger partial charge is 0.357 e. The molecule has 0 saturated heterocycles. The molecule has 1 heterocycles. The zero-order valence-corrected chi connectivity index (χ0v) is 13.0. The number of carboxylic acid groups (broad SMARTS) is 1. The predicted octanol–water partition coefficient (Wildman–Crippen LogP) is 2.35. The van der Waals surface area contributed by atoms with Gasteiger partial charge in [-0.3, -0.25) is 4.68 Å². The van der Waals surface area contributed by atoms with E-state index in [2.05, 4.69) is 5.10 Å². The minimum atomic E-state index is -0.991. The molecule has 0 saturated carbocycles. The summed E-state index contributed by atoms with van der Waals surface area (Å²) < 4.78 is 11.9. The molecule has 0 unspecified atom stereocenters. The average Bonchev–Trinajstić information content (AvgIpc) is 2.88. The van der Waals surface area contributed by atoms with Crippen LogP contribution in [0.5, 0.6) is 0 Å². The summed E-state index contributed by atoms with van der Waals surface area (Å²) in [5.41, 5.74) is 1.99. The SMILES string of the molecule is COCCCc1cccc2c1c(C(=O)O)nn2CCCOC. The molecule has 0 aliphatic carbocycles. The van der Waals surface area contributed by atoms with E-state index in [9.17, 15) is 9.90 Å². The predicted molar refractivity (Wildman–Crippen MR) is 83.4 cm³/mol. The van der Waals surface area contributed by atoms with E-state index in [-0.39, 0.29) is 5.69 Å². The average molecular weight is 306 g/mol. The molecule has 120 valence electrons. The van der Waals surface area contributed by atoms with Crippen LogP contribution in [-0.2, 0) is 22.4 Å². The number of aromatic nitrogens is 2. The summed E-state index contributed by atoms with van der Waals surface area (Å²) in [6, 6.07) is 5.83. The van der Waals surface area contributed by atoms with Crippen LogP contribution in [0.25, 0.3) is 10.9 Å². The van der Waals surface area contributed by atoms with E-state index in [1.54, 1.807) is 18.9 Å². The van der Waals surface area contributed by atoms with Gasteiger partial charge in [0.05, 0.1) is 5.52 Å². The van der Waals surface area contributed by atoms with E-state index in [0.717, 1.165) is 35.7 Å². The minimum Gasteiger partial charge on any atom is -0.476 e. The van der Waals surface area contributed by atoms with Gasteiger partial charge in [0.1, 0.15) is 0 Å². The van der Waals surface area contributed by atoms with Crippen molar-refractivity contribution < 1.29 is 19.4 Å². The molecule has 0 aliphatic heterocycles. The van der Waals surface area contributed by atoms with Crippen molar-refractivity contribution in [3.63, 3.8) is 0 Å². The monoisotopic (exact) mass is 306 g/mol. The van der Waals surface area contributed by atoms with Crippen molar-refractivity contribution in [1.82, 2.24) is 9.78 Å². The van der Waals surface area contributed by atoms with E-state index in [4.69, 9.17) is 9.47 Å². The van der Waals surface area contributed by atoms with Crippen LogP contribution >= 0.6 is 0 Å². The van der Waals surface area contributed by atoms with Crippen LogP contribution in [0.1, 0.15) is 28.9 Å². The molecule has 1 aromatic heterocycles. The molecule has 0 aliphatic rings. The molecular formula is C16H22N2O4. The van der Waals surface area contributed by atoms with Gasteiger partial charge >= 0.3 is 5.97 Å². The van der Waals surface area contributed by atoms with Crippen molar-refractivity contribution in [2.45, 2.75) is 25.8 Å². The Morgan fingerprint density at radius 2 is 1.95 bits per heavy atom. The first-order valence-electron chi connectivity index (χ1n) is 7.38. The fourth-order valence-corrected chi connectivity index (χ4v) is 2.59. The molecule has 1 N–H and O–H groups in total. The van der Waals surface area contributed by atoms with Gasteiger partial charge in [0.15, 0.2) is 5.69 Å².